The maximum absolute atomic E-state index is 11.3. The third-order valence-corrected chi connectivity index (χ3v) is 11.9. The number of nitrogens with zero attached hydrogens (tertiary/aromatic N) is 1. The molecule has 0 radical (unpaired) electrons. The average Bonchev–Trinajstić information content (AvgIpc) is 3.08. The van der Waals surface area contributed by atoms with Crippen molar-refractivity contribution in [2.75, 3.05) is 6.61 Å². The van der Waals surface area contributed by atoms with Crippen LogP contribution in [0.4, 0.5) is 0 Å². The molecule has 144 valence electrons. The number of para-hydroxylation sites is 1. The summed E-state index contributed by atoms with van der Waals surface area (Å²) in [5, 5.41) is 33.5. The first-order valence-electron chi connectivity index (χ1n) is 9.47. The SMILES string of the molecule is CC(C)(C)[Si](C)(C)n1c(O)c2c(c1O)C(CO)Cc1[nH]c3ccccc3c1-2. The van der Waals surface area contributed by atoms with E-state index in [1.54, 1.807) is 4.23 Å². The molecule has 27 heavy (non-hydrogen) atoms. The number of H-pyrrole nitrogens is 1. The lowest BCUT2D eigenvalue weighted by atomic mass is 9.83. The van der Waals surface area contributed by atoms with Gasteiger partial charge in [0.15, 0.2) is 20.0 Å². The van der Waals surface area contributed by atoms with E-state index in [9.17, 15) is 15.3 Å². The Hall–Kier alpha value is -2.18. The van der Waals surface area contributed by atoms with Crippen molar-refractivity contribution in [3.05, 3.63) is 35.5 Å². The molecule has 1 aromatic carbocycles. The van der Waals surface area contributed by atoms with E-state index in [1.165, 1.54) is 0 Å². The lowest BCUT2D eigenvalue weighted by Crippen LogP contribution is -2.44. The Morgan fingerprint density at radius 2 is 1.78 bits per heavy atom. The molecule has 1 unspecified atom stereocenters. The standard InChI is InChI=1S/C21H28N2O3Si/c1-21(2,3)27(4,5)23-19(25)16-12(11-24)10-15-17(18(16)20(23)26)13-8-6-7-9-14(13)22-15/h6-9,12,22,24-26H,10-11H2,1-5H3. The second kappa shape index (κ2) is 5.66. The minimum absolute atomic E-state index is 0.0681. The second-order valence-corrected chi connectivity index (χ2v) is 14.3. The fraction of sp³-hybridized carbons (Fsp3) is 0.429. The van der Waals surface area contributed by atoms with Crippen molar-refractivity contribution >= 4 is 19.1 Å². The summed E-state index contributed by atoms with van der Waals surface area (Å²) in [6.45, 7) is 10.7. The van der Waals surface area contributed by atoms with Gasteiger partial charge in [-0.15, -0.1) is 0 Å². The van der Waals surface area contributed by atoms with Crippen molar-refractivity contribution in [1.29, 1.82) is 0 Å². The van der Waals surface area contributed by atoms with Gasteiger partial charge in [0, 0.05) is 33.6 Å². The molecule has 0 amide bonds. The molecule has 6 heteroatoms. The fourth-order valence-electron chi connectivity index (χ4n) is 4.20. The summed E-state index contributed by atoms with van der Waals surface area (Å²) in [6, 6.07) is 8.01. The summed E-state index contributed by atoms with van der Waals surface area (Å²) >= 11 is 0. The first kappa shape index (κ1) is 18.2. The molecule has 1 aliphatic carbocycles. The molecule has 3 aromatic rings. The largest absolute Gasteiger partial charge is 0.495 e. The van der Waals surface area contributed by atoms with Crippen LogP contribution in [0.15, 0.2) is 24.3 Å². The molecule has 2 aromatic heterocycles. The molecule has 4 N–H and O–H groups in total. The Balaban J connectivity index is 2.10. The Morgan fingerprint density at radius 3 is 2.41 bits per heavy atom. The number of nitrogens with one attached hydrogen (secondary N) is 1. The smallest absolute Gasteiger partial charge is 0.194 e. The van der Waals surface area contributed by atoms with Gasteiger partial charge in [-0.3, -0.25) is 0 Å². The van der Waals surface area contributed by atoms with Crippen LogP contribution in [-0.4, -0.2) is 39.4 Å². The number of aromatic hydroxyl groups is 2. The van der Waals surface area contributed by atoms with Crippen molar-refractivity contribution < 1.29 is 15.3 Å². The van der Waals surface area contributed by atoms with Gasteiger partial charge >= 0.3 is 0 Å². The van der Waals surface area contributed by atoms with Crippen LogP contribution >= 0.6 is 0 Å². The highest BCUT2D eigenvalue weighted by Crippen LogP contribution is 2.55. The summed E-state index contributed by atoms with van der Waals surface area (Å²) in [6.07, 6.45) is 0.613. The van der Waals surface area contributed by atoms with Crippen molar-refractivity contribution in [3.63, 3.8) is 0 Å². The monoisotopic (exact) mass is 384 g/mol. The number of aliphatic hydroxyl groups excluding tert-OH is 1. The number of benzene rings is 1. The van der Waals surface area contributed by atoms with E-state index < -0.39 is 8.24 Å². The molecule has 5 nitrogen and oxygen atoms in total. The molecule has 0 aliphatic heterocycles. The number of hydrogen-bond acceptors (Lipinski definition) is 3. The van der Waals surface area contributed by atoms with Gasteiger partial charge in [0.25, 0.3) is 0 Å². The fourth-order valence-corrected chi connectivity index (χ4v) is 6.17. The summed E-state index contributed by atoms with van der Waals surface area (Å²) in [5.41, 5.74) is 4.32. The number of aromatic nitrogens is 2. The van der Waals surface area contributed by atoms with E-state index in [0.717, 1.165) is 22.2 Å². The number of aromatic amines is 1. The summed E-state index contributed by atoms with van der Waals surface area (Å²) in [5.74, 6) is -0.000187. The van der Waals surface area contributed by atoms with Gasteiger partial charge in [-0.1, -0.05) is 52.1 Å². The molecule has 0 saturated heterocycles. The lowest BCUT2D eigenvalue weighted by Gasteiger charge is -2.38. The van der Waals surface area contributed by atoms with Gasteiger partial charge in [-0.05, 0) is 17.5 Å². The summed E-state index contributed by atoms with van der Waals surface area (Å²) < 4.78 is 1.78. The molecule has 0 spiro atoms. The number of fused-ring (bicyclic) bond motifs is 5. The van der Waals surface area contributed by atoms with E-state index in [0.29, 0.717) is 17.5 Å². The Kier molecular flexibility index (Phi) is 3.81. The molecule has 0 fully saturated rings. The van der Waals surface area contributed by atoms with E-state index in [1.807, 2.05) is 24.3 Å². The molecule has 2 heterocycles. The zero-order valence-corrected chi connectivity index (χ0v) is 17.6. The Labute approximate surface area is 160 Å². The van der Waals surface area contributed by atoms with Gasteiger partial charge in [-0.25, -0.2) is 0 Å². The minimum Gasteiger partial charge on any atom is -0.495 e. The molecule has 1 atom stereocenters. The first-order valence-corrected chi connectivity index (χ1v) is 12.4. The predicted molar refractivity (Wildman–Crippen MR) is 111 cm³/mol. The van der Waals surface area contributed by atoms with Crippen LogP contribution in [0.3, 0.4) is 0 Å². The van der Waals surface area contributed by atoms with Crippen molar-refractivity contribution in [2.45, 2.75) is 51.2 Å². The van der Waals surface area contributed by atoms with Crippen LogP contribution in [-0.2, 0) is 6.42 Å². The van der Waals surface area contributed by atoms with Crippen molar-refractivity contribution in [1.82, 2.24) is 9.22 Å². The average molecular weight is 385 g/mol. The molecule has 4 rings (SSSR count). The molecule has 1 aliphatic rings. The zero-order valence-electron chi connectivity index (χ0n) is 16.6. The van der Waals surface area contributed by atoms with E-state index in [-0.39, 0.29) is 29.3 Å². The Morgan fingerprint density at radius 1 is 1.11 bits per heavy atom. The van der Waals surface area contributed by atoms with E-state index in [2.05, 4.69) is 38.8 Å². The highest BCUT2D eigenvalue weighted by Gasteiger charge is 2.45. The van der Waals surface area contributed by atoms with Crippen LogP contribution in [0, 0.1) is 0 Å². The summed E-state index contributed by atoms with van der Waals surface area (Å²) in [7, 11) is -2.27. The van der Waals surface area contributed by atoms with Crippen molar-refractivity contribution in [2.24, 2.45) is 0 Å². The van der Waals surface area contributed by atoms with Gasteiger partial charge < -0.3 is 24.5 Å². The topological polar surface area (TPSA) is 81.4 Å². The summed E-state index contributed by atoms with van der Waals surface area (Å²) in [4.78, 5) is 3.44. The quantitative estimate of drug-likeness (QED) is 0.490. The zero-order chi connectivity index (χ0) is 19.7. The van der Waals surface area contributed by atoms with Crippen LogP contribution in [0.5, 0.6) is 11.8 Å². The van der Waals surface area contributed by atoms with Gasteiger partial charge in [0.05, 0.1) is 12.2 Å². The maximum atomic E-state index is 11.3. The van der Waals surface area contributed by atoms with Crippen molar-refractivity contribution in [3.8, 4) is 22.9 Å². The van der Waals surface area contributed by atoms with Crippen LogP contribution in [0.25, 0.3) is 22.0 Å². The Bertz CT molecular complexity index is 1040. The number of hydrogen-bond donors (Lipinski definition) is 4. The normalized spacial score (nSPS) is 17.2. The van der Waals surface area contributed by atoms with Crippen LogP contribution < -0.4 is 0 Å². The first-order chi connectivity index (χ1) is 12.6. The third kappa shape index (κ3) is 2.33. The minimum atomic E-state index is -2.27. The van der Waals surface area contributed by atoms with Gasteiger partial charge in [-0.2, -0.15) is 0 Å². The molecule has 0 bridgehead atoms. The molecular formula is C21H28N2O3Si. The predicted octanol–water partition coefficient (Wildman–Crippen LogP) is 4.53. The van der Waals surface area contributed by atoms with Gasteiger partial charge in [0.2, 0.25) is 0 Å². The highest BCUT2D eigenvalue weighted by molar-refractivity contribution is 6.79. The lowest BCUT2D eigenvalue weighted by molar-refractivity contribution is 0.260. The van der Waals surface area contributed by atoms with E-state index in [4.69, 9.17) is 0 Å². The number of aliphatic hydroxyl groups is 1. The van der Waals surface area contributed by atoms with Crippen LogP contribution in [0.1, 0.15) is 37.9 Å². The molecule has 0 saturated carbocycles. The van der Waals surface area contributed by atoms with Crippen LogP contribution in [0.2, 0.25) is 18.1 Å². The third-order valence-electron chi connectivity index (χ3n) is 6.66. The van der Waals surface area contributed by atoms with Gasteiger partial charge in [0.1, 0.15) is 0 Å². The number of rotatable bonds is 2. The molecular weight excluding hydrogens is 356 g/mol. The second-order valence-electron chi connectivity index (χ2n) is 9.19. The maximum Gasteiger partial charge on any atom is 0.194 e. The highest BCUT2D eigenvalue weighted by atomic mass is 28.3. The van der Waals surface area contributed by atoms with E-state index >= 15 is 0 Å².